The van der Waals surface area contributed by atoms with Crippen LogP contribution in [0.2, 0.25) is 0 Å². The maximum absolute atomic E-state index is 13.3. The lowest BCUT2D eigenvalue weighted by Crippen LogP contribution is -2.32. The van der Waals surface area contributed by atoms with E-state index in [4.69, 9.17) is 10.5 Å². The normalized spacial score (nSPS) is 12.0. The number of aryl methyl sites for hydroxylation is 1. The number of rotatable bonds is 12. The minimum absolute atomic E-state index is 0.00619. The van der Waals surface area contributed by atoms with E-state index in [-0.39, 0.29) is 11.1 Å². The Morgan fingerprint density at radius 1 is 1.08 bits per heavy atom. The van der Waals surface area contributed by atoms with Crippen molar-refractivity contribution in [3.63, 3.8) is 0 Å². The van der Waals surface area contributed by atoms with E-state index >= 15 is 0 Å². The van der Waals surface area contributed by atoms with E-state index in [1.165, 1.54) is 25.7 Å². The van der Waals surface area contributed by atoms with Crippen LogP contribution in [0.15, 0.2) is 18.2 Å². The number of halogens is 2. The fraction of sp³-hybridized carbons (Fsp3) is 0.700. The molecule has 0 fully saturated rings. The Morgan fingerprint density at radius 2 is 1.75 bits per heavy atom. The van der Waals surface area contributed by atoms with Crippen LogP contribution in [-0.2, 0) is 6.42 Å². The van der Waals surface area contributed by atoms with Crippen molar-refractivity contribution in [2.24, 2.45) is 5.73 Å². The van der Waals surface area contributed by atoms with Gasteiger partial charge in [-0.2, -0.15) is 0 Å². The summed E-state index contributed by atoms with van der Waals surface area (Å²) in [5.41, 5.74) is 6.55. The van der Waals surface area contributed by atoms with Crippen LogP contribution in [0.1, 0.15) is 83.3 Å². The average molecular weight is 341 g/mol. The van der Waals surface area contributed by atoms with Gasteiger partial charge >= 0.3 is 0 Å². The number of hydrogen-bond acceptors (Lipinski definition) is 2. The van der Waals surface area contributed by atoms with Gasteiger partial charge in [0, 0.05) is 5.54 Å². The van der Waals surface area contributed by atoms with Crippen molar-refractivity contribution in [3.8, 4) is 5.75 Å². The van der Waals surface area contributed by atoms with Crippen LogP contribution >= 0.6 is 0 Å². The zero-order chi connectivity index (χ0) is 18.0. The predicted octanol–water partition coefficient (Wildman–Crippen LogP) is 6.03. The molecule has 0 aliphatic carbocycles. The van der Waals surface area contributed by atoms with E-state index in [1.807, 2.05) is 19.9 Å². The van der Waals surface area contributed by atoms with Gasteiger partial charge in [0.1, 0.15) is 5.75 Å². The third-order valence-corrected chi connectivity index (χ3v) is 4.12. The first-order chi connectivity index (χ1) is 11.3. The standard InChI is InChI=1S/C20H33F2NO/c1-4-5-6-7-8-9-14-24-18-11-10-16(12-13-20(2,3)23)15-17(18)19(21)22/h10-11,15,19H,4-9,12-14,23H2,1-3H3. The molecule has 0 aliphatic rings. The topological polar surface area (TPSA) is 35.2 Å². The van der Waals surface area contributed by atoms with Gasteiger partial charge < -0.3 is 10.5 Å². The lowest BCUT2D eigenvalue weighted by molar-refractivity contribution is 0.144. The molecule has 0 saturated carbocycles. The summed E-state index contributed by atoms with van der Waals surface area (Å²) in [7, 11) is 0. The number of unbranched alkanes of at least 4 members (excludes halogenated alkanes) is 5. The summed E-state index contributed by atoms with van der Waals surface area (Å²) in [6.07, 6.45) is 5.85. The fourth-order valence-electron chi connectivity index (χ4n) is 2.59. The van der Waals surface area contributed by atoms with E-state index in [2.05, 4.69) is 6.92 Å². The third kappa shape index (κ3) is 8.62. The highest BCUT2D eigenvalue weighted by Crippen LogP contribution is 2.31. The molecule has 0 saturated heterocycles. The Hall–Kier alpha value is -1.16. The maximum Gasteiger partial charge on any atom is 0.267 e. The molecule has 2 nitrogen and oxygen atoms in total. The van der Waals surface area contributed by atoms with Crippen molar-refractivity contribution < 1.29 is 13.5 Å². The summed E-state index contributed by atoms with van der Waals surface area (Å²) >= 11 is 0. The molecule has 1 rings (SSSR count). The average Bonchev–Trinajstić information content (AvgIpc) is 2.51. The van der Waals surface area contributed by atoms with Gasteiger partial charge in [-0.15, -0.1) is 0 Å². The summed E-state index contributed by atoms with van der Waals surface area (Å²) in [5.74, 6) is 0.314. The van der Waals surface area contributed by atoms with E-state index in [0.29, 0.717) is 18.8 Å². The van der Waals surface area contributed by atoms with Crippen LogP contribution in [0, 0.1) is 0 Å². The Bertz CT molecular complexity index is 469. The van der Waals surface area contributed by atoms with E-state index < -0.39 is 6.43 Å². The fourth-order valence-corrected chi connectivity index (χ4v) is 2.59. The van der Waals surface area contributed by atoms with Crippen molar-refractivity contribution in [3.05, 3.63) is 29.3 Å². The molecular formula is C20H33F2NO. The molecule has 0 bridgehead atoms. The van der Waals surface area contributed by atoms with Gasteiger partial charge in [-0.25, -0.2) is 8.78 Å². The Balaban J connectivity index is 2.51. The second-order valence-electron chi connectivity index (χ2n) is 7.28. The molecule has 0 spiro atoms. The molecule has 4 heteroatoms. The van der Waals surface area contributed by atoms with Crippen LogP contribution in [0.3, 0.4) is 0 Å². The van der Waals surface area contributed by atoms with Crippen molar-refractivity contribution in [2.45, 2.75) is 84.1 Å². The number of hydrogen-bond donors (Lipinski definition) is 1. The second kappa shape index (κ2) is 10.7. The largest absolute Gasteiger partial charge is 0.493 e. The minimum Gasteiger partial charge on any atom is -0.493 e. The monoisotopic (exact) mass is 341 g/mol. The first kappa shape index (κ1) is 20.9. The zero-order valence-electron chi connectivity index (χ0n) is 15.4. The van der Waals surface area contributed by atoms with Gasteiger partial charge in [0.2, 0.25) is 0 Å². The number of nitrogens with two attached hydrogens (primary N) is 1. The first-order valence-corrected chi connectivity index (χ1v) is 9.16. The molecular weight excluding hydrogens is 308 g/mol. The third-order valence-electron chi connectivity index (χ3n) is 4.12. The van der Waals surface area contributed by atoms with Crippen LogP contribution in [-0.4, -0.2) is 12.1 Å². The number of benzene rings is 1. The molecule has 1 aromatic rings. The zero-order valence-corrected chi connectivity index (χ0v) is 15.4. The van der Waals surface area contributed by atoms with Crippen LogP contribution in [0.4, 0.5) is 8.78 Å². The second-order valence-corrected chi connectivity index (χ2v) is 7.28. The molecule has 0 aromatic heterocycles. The highest BCUT2D eigenvalue weighted by atomic mass is 19.3. The summed E-state index contributed by atoms with van der Waals surface area (Å²) in [5, 5.41) is 0. The van der Waals surface area contributed by atoms with Gasteiger partial charge in [-0.05, 0) is 50.8 Å². The summed E-state index contributed by atoms with van der Waals surface area (Å²) in [4.78, 5) is 0. The smallest absolute Gasteiger partial charge is 0.267 e. The van der Waals surface area contributed by atoms with E-state index in [0.717, 1.165) is 24.8 Å². The first-order valence-electron chi connectivity index (χ1n) is 9.16. The molecule has 1 aromatic carbocycles. The van der Waals surface area contributed by atoms with Crippen molar-refractivity contribution in [2.75, 3.05) is 6.61 Å². The maximum atomic E-state index is 13.3. The van der Waals surface area contributed by atoms with Gasteiger partial charge in [-0.3, -0.25) is 0 Å². The van der Waals surface area contributed by atoms with Crippen molar-refractivity contribution in [1.82, 2.24) is 0 Å². The summed E-state index contributed by atoms with van der Waals surface area (Å²) < 4.78 is 32.2. The predicted molar refractivity (Wildman–Crippen MR) is 96.9 cm³/mol. The molecule has 0 aliphatic heterocycles. The molecule has 0 unspecified atom stereocenters. The van der Waals surface area contributed by atoms with Gasteiger partial charge in [-0.1, -0.05) is 45.1 Å². The Morgan fingerprint density at radius 3 is 2.38 bits per heavy atom. The number of ether oxygens (including phenoxy) is 1. The van der Waals surface area contributed by atoms with Crippen LogP contribution in [0.25, 0.3) is 0 Å². The van der Waals surface area contributed by atoms with E-state index in [1.54, 1.807) is 12.1 Å². The summed E-state index contributed by atoms with van der Waals surface area (Å²) in [6.45, 7) is 6.58. The number of alkyl halides is 2. The highest BCUT2D eigenvalue weighted by Gasteiger charge is 2.16. The Labute approximate surface area is 145 Å². The Kier molecular flexibility index (Phi) is 9.27. The molecule has 0 radical (unpaired) electrons. The molecule has 0 heterocycles. The van der Waals surface area contributed by atoms with Crippen molar-refractivity contribution in [1.29, 1.82) is 0 Å². The van der Waals surface area contributed by atoms with Gasteiger partial charge in [0.05, 0.1) is 12.2 Å². The summed E-state index contributed by atoms with van der Waals surface area (Å²) in [6, 6.07) is 5.11. The molecule has 0 atom stereocenters. The molecule has 24 heavy (non-hydrogen) atoms. The van der Waals surface area contributed by atoms with Crippen LogP contribution < -0.4 is 10.5 Å². The van der Waals surface area contributed by atoms with Crippen molar-refractivity contribution >= 4 is 0 Å². The van der Waals surface area contributed by atoms with Crippen LogP contribution in [0.5, 0.6) is 5.75 Å². The van der Waals surface area contributed by atoms with E-state index in [9.17, 15) is 8.78 Å². The highest BCUT2D eigenvalue weighted by molar-refractivity contribution is 5.38. The van der Waals surface area contributed by atoms with Gasteiger partial charge in [0.15, 0.2) is 0 Å². The SMILES string of the molecule is CCCCCCCCOc1ccc(CCC(C)(C)N)cc1C(F)F. The lowest BCUT2D eigenvalue weighted by atomic mass is 9.95. The molecule has 0 amide bonds. The minimum atomic E-state index is -2.52. The molecule has 138 valence electrons. The molecule has 2 N–H and O–H groups in total. The van der Waals surface area contributed by atoms with Gasteiger partial charge in [0.25, 0.3) is 6.43 Å². The lowest BCUT2D eigenvalue weighted by Gasteiger charge is -2.19. The quantitative estimate of drug-likeness (QED) is 0.471.